The van der Waals surface area contributed by atoms with E-state index in [0.29, 0.717) is 0 Å². The number of unbranched alkanes of at least 4 members (excludes halogenated alkanes) is 1. The second-order valence-electron chi connectivity index (χ2n) is 6.73. The Morgan fingerprint density at radius 3 is 2.48 bits per heavy atom. The molecule has 1 fully saturated rings. The minimum atomic E-state index is -0.362. The number of rotatable bonds is 4. The van der Waals surface area contributed by atoms with Gasteiger partial charge in [0.2, 0.25) is 0 Å². The fourth-order valence-corrected chi connectivity index (χ4v) is 3.13. The summed E-state index contributed by atoms with van der Waals surface area (Å²) in [7, 11) is 0. The highest BCUT2D eigenvalue weighted by Gasteiger charge is 2.34. The molecule has 0 aromatic heterocycles. The number of carbonyl (C=O) groups excluding carboxylic acids is 1. The molecule has 0 saturated carbocycles. The summed E-state index contributed by atoms with van der Waals surface area (Å²) in [6.45, 7) is 6.23. The van der Waals surface area contributed by atoms with Gasteiger partial charge in [-0.2, -0.15) is 0 Å². The quantitative estimate of drug-likeness (QED) is 0.839. The molecule has 3 rings (SSSR count). The van der Waals surface area contributed by atoms with E-state index in [-0.39, 0.29) is 11.4 Å². The smallest absolute Gasteiger partial charge is 0.263 e. The number of fused-ring (bicyclic) bond motifs is 1. The Labute approximate surface area is 137 Å². The minimum absolute atomic E-state index is 0.0471. The molecule has 1 amide bonds. The second kappa shape index (κ2) is 6.17. The summed E-state index contributed by atoms with van der Waals surface area (Å²) in [6.07, 6.45) is 5.51. The Bertz CT molecular complexity index is 774. The fraction of sp³-hybridized carbons (Fsp3) is 0.350. The van der Waals surface area contributed by atoms with Crippen molar-refractivity contribution < 1.29 is 4.79 Å². The number of hydrogen-bond acceptors (Lipinski definition) is 2. The molecular weight excluding hydrogens is 284 g/mol. The summed E-state index contributed by atoms with van der Waals surface area (Å²) in [5, 5.41) is 2.50. The maximum atomic E-state index is 12.1. The van der Waals surface area contributed by atoms with E-state index >= 15 is 0 Å². The number of hydrogen-bond donors (Lipinski definition) is 2. The molecule has 3 heteroatoms. The number of aryl methyl sites for hydroxylation is 1. The van der Waals surface area contributed by atoms with E-state index in [1.807, 2.05) is 19.9 Å². The molecule has 0 radical (unpaired) electrons. The molecule has 0 atom stereocenters. The summed E-state index contributed by atoms with van der Waals surface area (Å²) < 4.78 is 0. The minimum Gasteiger partial charge on any atom is -0.287 e. The van der Waals surface area contributed by atoms with Gasteiger partial charge in [0.1, 0.15) is 0 Å². The average molecular weight is 308 g/mol. The number of benzene rings is 2. The standard InChI is InChI=1S/C20H24N2O/c1-4-5-8-14-11-12-15(17-10-7-6-9-16(14)17)13-18-19(23)21-22-20(18,2)3/h6-7,9-13,22H,4-5,8H2,1-3H3,(H,21,23)/b18-13+. The van der Waals surface area contributed by atoms with Gasteiger partial charge in [0.15, 0.2) is 0 Å². The topological polar surface area (TPSA) is 41.1 Å². The van der Waals surface area contributed by atoms with Crippen LogP contribution in [0.2, 0.25) is 0 Å². The molecule has 2 N–H and O–H groups in total. The third-order valence-electron chi connectivity index (χ3n) is 4.55. The first-order chi connectivity index (χ1) is 11.0. The highest BCUT2D eigenvalue weighted by Crippen LogP contribution is 2.29. The van der Waals surface area contributed by atoms with Crippen LogP contribution < -0.4 is 10.9 Å². The zero-order valence-electron chi connectivity index (χ0n) is 14.1. The van der Waals surface area contributed by atoms with E-state index in [9.17, 15) is 4.79 Å². The lowest BCUT2D eigenvalue weighted by Crippen LogP contribution is -2.38. The maximum absolute atomic E-state index is 12.1. The molecule has 0 bridgehead atoms. The van der Waals surface area contributed by atoms with Crippen molar-refractivity contribution in [2.24, 2.45) is 0 Å². The second-order valence-corrected chi connectivity index (χ2v) is 6.73. The Kier molecular flexibility index (Phi) is 4.22. The van der Waals surface area contributed by atoms with Gasteiger partial charge in [-0.15, -0.1) is 0 Å². The molecule has 1 aliphatic rings. The van der Waals surface area contributed by atoms with Gasteiger partial charge in [0.25, 0.3) is 5.91 Å². The monoisotopic (exact) mass is 308 g/mol. The van der Waals surface area contributed by atoms with Gasteiger partial charge in [-0.1, -0.05) is 49.7 Å². The van der Waals surface area contributed by atoms with E-state index < -0.39 is 0 Å². The largest absolute Gasteiger partial charge is 0.287 e. The lowest BCUT2D eigenvalue weighted by molar-refractivity contribution is -0.116. The highest BCUT2D eigenvalue weighted by molar-refractivity contribution is 6.04. The molecule has 3 nitrogen and oxygen atoms in total. The van der Waals surface area contributed by atoms with Crippen molar-refractivity contribution in [3.05, 3.63) is 53.1 Å². The van der Waals surface area contributed by atoms with Crippen LogP contribution in [0.1, 0.15) is 44.7 Å². The first-order valence-electron chi connectivity index (χ1n) is 8.33. The Morgan fingerprint density at radius 2 is 1.83 bits per heavy atom. The van der Waals surface area contributed by atoms with Crippen LogP contribution in [0.15, 0.2) is 42.0 Å². The third-order valence-corrected chi connectivity index (χ3v) is 4.55. The molecule has 120 valence electrons. The number of nitrogens with one attached hydrogen (secondary N) is 2. The average Bonchev–Trinajstić information content (AvgIpc) is 2.81. The van der Waals surface area contributed by atoms with Crippen LogP contribution in [0.3, 0.4) is 0 Å². The molecule has 2 aromatic carbocycles. The molecular formula is C20H24N2O. The van der Waals surface area contributed by atoms with Crippen LogP contribution >= 0.6 is 0 Å². The van der Waals surface area contributed by atoms with Gasteiger partial charge in [0.05, 0.1) is 5.54 Å². The predicted octanol–water partition coefficient (Wildman–Crippen LogP) is 3.98. The van der Waals surface area contributed by atoms with Gasteiger partial charge in [-0.3, -0.25) is 10.2 Å². The van der Waals surface area contributed by atoms with Crippen molar-refractivity contribution >= 4 is 22.8 Å². The number of hydrazine groups is 1. The van der Waals surface area contributed by atoms with Crippen LogP contribution in [-0.2, 0) is 11.2 Å². The Balaban J connectivity index is 2.11. The van der Waals surface area contributed by atoms with E-state index in [0.717, 1.165) is 17.6 Å². The van der Waals surface area contributed by atoms with Gasteiger partial charge < -0.3 is 0 Å². The molecule has 1 saturated heterocycles. The summed E-state index contributed by atoms with van der Waals surface area (Å²) in [4.78, 5) is 12.1. The lowest BCUT2D eigenvalue weighted by atomic mass is 9.91. The summed E-state index contributed by atoms with van der Waals surface area (Å²) in [5.74, 6) is -0.0471. The van der Waals surface area contributed by atoms with Gasteiger partial charge in [0, 0.05) is 5.57 Å². The number of amides is 1. The SMILES string of the molecule is CCCCc1ccc(/C=C2\C(=O)NNC2(C)C)c2ccccc12. The van der Waals surface area contributed by atoms with Gasteiger partial charge in [-0.05, 0) is 54.7 Å². The molecule has 1 heterocycles. The highest BCUT2D eigenvalue weighted by atomic mass is 16.2. The summed E-state index contributed by atoms with van der Waals surface area (Å²) in [6, 6.07) is 12.8. The van der Waals surface area contributed by atoms with Crippen molar-refractivity contribution in [1.29, 1.82) is 0 Å². The van der Waals surface area contributed by atoms with Crippen LogP contribution in [0.5, 0.6) is 0 Å². The molecule has 1 aliphatic heterocycles. The van der Waals surface area contributed by atoms with E-state index in [2.05, 4.69) is 54.2 Å². The summed E-state index contributed by atoms with van der Waals surface area (Å²) in [5.41, 5.74) is 8.64. The first kappa shape index (κ1) is 15.8. The molecule has 23 heavy (non-hydrogen) atoms. The lowest BCUT2D eigenvalue weighted by Gasteiger charge is -2.17. The van der Waals surface area contributed by atoms with Crippen LogP contribution in [0.25, 0.3) is 16.8 Å². The molecule has 2 aromatic rings. The molecule has 0 spiro atoms. The zero-order valence-corrected chi connectivity index (χ0v) is 14.1. The normalized spacial score (nSPS) is 18.6. The fourth-order valence-electron chi connectivity index (χ4n) is 3.13. The molecule has 0 unspecified atom stereocenters. The van der Waals surface area contributed by atoms with Crippen molar-refractivity contribution in [3.8, 4) is 0 Å². The van der Waals surface area contributed by atoms with E-state index in [4.69, 9.17) is 0 Å². The van der Waals surface area contributed by atoms with Crippen molar-refractivity contribution in [3.63, 3.8) is 0 Å². The van der Waals surface area contributed by atoms with E-state index in [1.54, 1.807) is 0 Å². The van der Waals surface area contributed by atoms with Crippen LogP contribution in [0, 0.1) is 0 Å². The van der Waals surface area contributed by atoms with Crippen molar-refractivity contribution in [2.45, 2.75) is 45.6 Å². The van der Waals surface area contributed by atoms with Crippen LogP contribution in [-0.4, -0.2) is 11.4 Å². The number of carbonyl (C=O) groups is 1. The van der Waals surface area contributed by atoms with Gasteiger partial charge in [-0.25, -0.2) is 5.43 Å². The zero-order chi connectivity index (χ0) is 16.4. The first-order valence-corrected chi connectivity index (χ1v) is 8.33. The van der Waals surface area contributed by atoms with Crippen molar-refractivity contribution in [1.82, 2.24) is 10.9 Å². The maximum Gasteiger partial charge on any atom is 0.263 e. The Morgan fingerprint density at radius 1 is 1.09 bits per heavy atom. The molecule has 0 aliphatic carbocycles. The predicted molar refractivity (Wildman–Crippen MR) is 95.9 cm³/mol. The Hall–Kier alpha value is -2.13. The van der Waals surface area contributed by atoms with Crippen molar-refractivity contribution in [2.75, 3.05) is 0 Å². The summed E-state index contributed by atoms with van der Waals surface area (Å²) >= 11 is 0. The van der Waals surface area contributed by atoms with Crippen LogP contribution in [0.4, 0.5) is 0 Å². The van der Waals surface area contributed by atoms with Gasteiger partial charge >= 0.3 is 0 Å². The van der Waals surface area contributed by atoms with E-state index in [1.165, 1.54) is 29.2 Å². The third kappa shape index (κ3) is 3.02.